The average Bonchev–Trinajstić information content (AvgIpc) is 2.26. The lowest BCUT2D eigenvalue weighted by molar-refractivity contribution is 0.0597. The molecule has 0 saturated heterocycles. The first kappa shape index (κ1) is 10.3. The van der Waals surface area contributed by atoms with Crippen molar-refractivity contribution in [1.82, 2.24) is 0 Å². The second-order valence-electron chi connectivity index (χ2n) is 2.52. The number of nitrogen functional groups attached to an aromatic ring is 1. The Morgan fingerprint density at radius 1 is 1.43 bits per heavy atom. The van der Waals surface area contributed by atoms with Gasteiger partial charge in [0.05, 0.1) is 19.9 Å². The Kier molecular flexibility index (Phi) is 3.30. The maximum atomic E-state index is 11.3. The molecule has 3 N–H and O–H groups in total. The maximum Gasteiger partial charge on any atom is 0.341 e. The fourth-order valence-corrected chi connectivity index (χ4v) is 1.14. The van der Waals surface area contributed by atoms with Crippen molar-refractivity contribution in [1.29, 1.82) is 0 Å². The number of benzene rings is 1. The lowest BCUT2D eigenvalue weighted by Crippen LogP contribution is -2.11. The van der Waals surface area contributed by atoms with Gasteiger partial charge in [-0.2, -0.15) is 0 Å². The van der Waals surface area contributed by atoms with E-state index in [1.54, 1.807) is 18.2 Å². The molecule has 5 heteroatoms. The van der Waals surface area contributed by atoms with E-state index in [2.05, 4.69) is 10.2 Å². The van der Waals surface area contributed by atoms with Gasteiger partial charge in [0.15, 0.2) is 5.75 Å². The fraction of sp³-hybridized carbons (Fsp3) is 0.222. The van der Waals surface area contributed by atoms with Gasteiger partial charge in [0.25, 0.3) is 0 Å². The molecule has 0 heterocycles. The summed E-state index contributed by atoms with van der Waals surface area (Å²) >= 11 is 0. The standard InChI is InChI=1S/C9H12N2O3/c1-13-8-6(9(12)14-2)4-3-5-7(8)11-10/h3-5,11H,10H2,1-2H3. The average molecular weight is 196 g/mol. The van der Waals surface area contributed by atoms with Gasteiger partial charge in [0.1, 0.15) is 5.56 Å². The number of esters is 1. The van der Waals surface area contributed by atoms with Gasteiger partial charge in [-0.3, -0.25) is 5.84 Å². The lowest BCUT2D eigenvalue weighted by Gasteiger charge is -2.10. The topological polar surface area (TPSA) is 73.6 Å². The molecule has 0 spiro atoms. The van der Waals surface area contributed by atoms with Crippen LogP contribution in [-0.4, -0.2) is 20.2 Å². The molecular weight excluding hydrogens is 184 g/mol. The zero-order chi connectivity index (χ0) is 10.6. The number of nitrogens with two attached hydrogens (primary N) is 1. The van der Waals surface area contributed by atoms with Gasteiger partial charge in [-0.15, -0.1) is 0 Å². The number of rotatable bonds is 3. The van der Waals surface area contributed by atoms with Gasteiger partial charge in [0, 0.05) is 0 Å². The molecule has 0 aliphatic heterocycles. The van der Waals surface area contributed by atoms with Crippen molar-refractivity contribution in [3.05, 3.63) is 23.8 Å². The van der Waals surface area contributed by atoms with E-state index in [4.69, 9.17) is 10.6 Å². The molecule has 0 fully saturated rings. The number of anilines is 1. The van der Waals surface area contributed by atoms with E-state index < -0.39 is 5.97 Å². The molecule has 14 heavy (non-hydrogen) atoms. The predicted octanol–water partition coefficient (Wildman–Crippen LogP) is 0.767. The number of hydrogen-bond acceptors (Lipinski definition) is 5. The van der Waals surface area contributed by atoms with E-state index in [-0.39, 0.29) is 0 Å². The van der Waals surface area contributed by atoms with Gasteiger partial charge >= 0.3 is 5.97 Å². The van der Waals surface area contributed by atoms with Crippen LogP contribution < -0.4 is 16.0 Å². The minimum atomic E-state index is -0.459. The van der Waals surface area contributed by atoms with Crippen LogP contribution >= 0.6 is 0 Å². The highest BCUT2D eigenvalue weighted by molar-refractivity contribution is 5.94. The molecule has 5 nitrogen and oxygen atoms in total. The molecule has 0 unspecified atom stereocenters. The van der Waals surface area contributed by atoms with Crippen LogP contribution in [-0.2, 0) is 4.74 Å². The molecule has 1 aromatic carbocycles. The summed E-state index contributed by atoms with van der Waals surface area (Å²) in [5.41, 5.74) is 3.31. The van der Waals surface area contributed by atoms with Gasteiger partial charge in [-0.25, -0.2) is 4.79 Å². The largest absolute Gasteiger partial charge is 0.494 e. The molecule has 0 atom stereocenters. The van der Waals surface area contributed by atoms with Crippen LogP contribution in [0.2, 0.25) is 0 Å². The van der Waals surface area contributed by atoms with Crippen LogP contribution in [0.15, 0.2) is 18.2 Å². The molecule has 0 radical (unpaired) electrons. The summed E-state index contributed by atoms with van der Waals surface area (Å²) in [6.45, 7) is 0. The normalized spacial score (nSPS) is 9.36. The molecule has 1 aromatic rings. The Labute approximate surface area is 81.8 Å². The monoisotopic (exact) mass is 196 g/mol. The Balaban J connectivity index is 3.21. The molecular formula is C9H12N2O3. The molecule has 76 valence electrons. The molecule has 0 aromatic heterocycles. The number of carbonyl (C=O) groups is 1. The SMILES string of the molecule is COC(=O)c1cccc(NN)c1OC. The summed E-state index contributed by atoms with van der Waals surface area (Å²) in [5.74, 6) is 5.17. The summed E-state index contributed by atoms with van der Waals surface area (Å²) in [5, 5.41) is 0. The van der Waals surface area contributed by atoms with Crippen molar-refractivity contribution in [3.63, 3.8) is 0 Å². The van der Waals surface area contributed by atoms with Crippen molar-refractivity contribution in [2.75, 3.05) is 19.6 Å². The van der Waals surface area contributed by atoms with Crippen LogP contribution in [0, 0.1) is 0 Å². The number of methoxy groups -OCH3 is 2. The summed E-state index contributed by atoms with van der Waals surface area (Å²) in [6, 6.07) is 4.99. The first-order valence-corrected chi connectivity index (χ1v) is 3.96. The highest BCUT2D eigenvalue weighted by Crippen LogP contribution is 2.28. The molecule has 1 rings (SSSR count). The van der Waals surface area contributed by atoms with Gasteiger partial charge in [-0.1, -0.05) is 6.07 Å². The van der Waals surface area contributed by atoms with E-state index in [9.17, 15) is 4.79 Å². The van der Waals surface area contributed by atoms with E-state index in [1.165, 1.54) is 14.2 Å². The van der Waals surface area contributed by atoms with E-state index in [1.807, 2.05) is 0 Å². The van der Waals surface area contributed by atoms with E-state index in [0.29, 0.717) is 17.0 Å². The lowest BCUT2D eigenvalue weighted by atomic mass is 10.2. The highest BCUT2D eigenvalue weighted by atomic mass is 16.5. The Morgan fingerprint density at radius 2 is 2.14 bits per heavy atom. The Bertz CT molecular complexity index is 339. The van der Waals surface area contributed by atoms with Crippen molar-refractivity contribution in [2.45, 2.75) is 0 Å². The van der Waals surface area contributed by atoms with Crippen LogP contribution in [0.4, 0.5) is 5.69 Å². The number of hydrazine groups is 1. The van der Waals surface area contributed by atoms with Crippen LogP contribution in [0.5, 0.6) is 5.75 Å². The number of carbonyl (C=O) groups excluding carboxylic acids is 1. The third kappa shape index (κ3) is 1.77. The summed E-state index contributed by atoms with van der Waals surface area (Å²) in [7, 11) is 2.77. The first-order valence-electron chi connectivity index (χ1n) is 3.96. The van der Waals surface area contributed by atoms with E-state index in [0.717, 1.165) is 0 Å². The quantitative estimate of drug-likeness (QED) is 0.424. The zero-order valence-electron chi connectivity index (χ0n) is 8.03. The Hall–Kier alpha value is -1.75. The Morgan fingerprint density at radius 3 is 2.64 bits per heavy atom. The molecule has 0 bridgehead atoms. The van der Waals surface area contributed by atoms with Gasteiger partial charge < -0.3 is 14.9 Å². The zero-order valence-corrected chi connectivity index (χ0v) is 8.03. The molecule has 0 aliphatic carbocycles. The molecule has 0 amide bonds. The summed E-state index contributed by atoms with van der Waals surface area (Å²) in [4.78, 5) is 11.3. The van der Waals surface area contributed by atoms with Crippen LogP contribution in [0.3, 0.4) is 0 Å². The number of nitrogens with one attached hydrogen (secondary N) is 1. The maximum absolute atomic E-state index is 11.3. The minimum Gasteiger partial charge on any atom is -0.494 e. The smallest absolute Gasteiger partial charge is 0.341 e. The summed E-state index contributed by atoms with van der Waals surface area (Å²) < 4.78 is 9.64. The first-order chi connectivity index (χ1) is 6.74. The predicted molar refractivity (Wildman–Crippen MR) is 52.1 cm³/mol. The summed E-state index contributed by atoms with van der Waals surface area (Å²) in [6.07, 6.45) is 0. The molecule has 0 aliphatic rings. The van der Waals surface area contributed by atoms with Gasteiger partial charge in [0.2, 0.25) is 0 Å². The third-order valence-electron chi connectivity index (χ3n) is 1.78. The van der Waals surface area contributed by atoms with E-state index >= 15 is 0 Å². The second kappa shape index (κ2) is 4.48. The second-order valence-corrected chi connectivity index (χ2v) is 2.52. The minimum absolute atomic E-state index is 0.338. The van der Waals surface area contributed by atoms with Crippen molar-refractivity contribution in [3.8, 4) is 5.75 Å². The van der Waals surface area contributed by atoms with Gasteiger partial charge in [-0.05, 0) is 12.1 Å². The van der Waals surface area contributed by atoms with Crippen molar-refractivity contribution >= 4 is 11.7 Å². The number of hydrogen-bond donors (Lipinski definition) is 2. The number of para-hydroxylation sites is 1. The van der Waals surface area contributed by atoms with Crippen LogP contribution in [0.1, 0.15) is 10.4 Å². The fourth-order valence-electron chi connectivity index (χ4n) is 1.14. The third-order valence-corrected chi connectivity index (χ3v) is 1.78. The van der Waals surface area contributed by atoms with Crippen molar-refractivity contribution in [2.24, 2.45) is 5.84 Å². The highest BCUT2D eigenvalue weighted by Gasteiger charge is 2.15. The molecule has 0 saturated carbocycles. The van der Waals surface area contributed by atoms with Crippen molar-refractivity contribution < 1.29 is 14.3 Å². The van der Waals surface area contributed by atoms with Crippen LogP contribution in [0.25, 0.3) is 0 Å². The number of ether oxygens (including phenoxy) is 2.